The number of carbonyl (C=O) groups is 1. The molecule has 0 unspecified atom stereocenters. The first-order valence-electron chi connectivity index (χ1n) is 7.81. The number of hydrogen-bond donors (Lipinski definition) is 2. The van der Waals surface area contributed by atoms with Crippen molar-refractivity contribution in [2.24, 2.45) is 0 Å². The van der Waals surface area contributed by atoms with Crippen molar-refractivity contribution < 1.29 is 14.3 Å². The van der Waals surface area contributed by atoms with Gasteiger partial charge in [0.1, 0.15) is 18.1 Å². The number of rotatable bonds is 9. The van der Waals surface area contributed by atoms with Crippen molar-refractivity contribution in [3.05, 3.63) is 61.2 Å². The highest BCUT2D eigenvalue weighted by Crippen LogP contribution is 2.18. The smallest absolute Gasteiger partial charge is 0.243 e. The Balaban J connectivity index is 1.83. The Morgan fingerprint density at radius 1 is 1.08 bits per heavy atom. The maximum Gasteiger partial charge on any atom is 0.243 e. The van der Waals surface area contributed by atoms with E-state index in [0.29, 0.717) is 13.2 Å². The third-order valence-electron chi connectivity index (χ3n) is 3.10. The normalized spacial score (nSPS) is 9.88. The molecule has 0 bridgehead atoms. The van der Waals surface area contributed by atoms with E-state index in [2.05, 4.69) is 17.2 Å². The fraction of sp³-hybridized carbons (Fsp3) is 0.211. The highest BCUT2D eigenvalue weighted by molar-refractivity contribution is 5.93. The summed E-state index contributed by atoms with van der Waals surface area (Å²) in [4.78, 5) is 12.0. The number of amides is 1. The molecule has 24 heavy (non-hydrogen) atoms. The molecule has 126 valence electrons. The molecule has 0 aliphatic carbocycles. The predicted molar refractivity (Wildman–Crippen MR) is 96.9 cm³/mol. The molecule has 5 heteroatoms. The van der Waals surface area contributed by atoms with E-state index in [1.54, 1.807) is 6.08 Å². The fourth-order valence-corrected chi connectivity index (χ4v) is 2.04. The Hall–Kier alpha value is -2.95. The highest BCUT2D eigenvalue weighted by atomic mass is 16.5. The maximum atomic E-state index is 12.0. The molecule has 0 aliphatic heterocycles. The van der Waals surface area contributed by atoms with Gasteiger partial charge in [0.2, 0.25) is 5.91 Å². The van der Waals surface area contributed by atoms with E-state index < -0.39 is 0 Å². The molecule has 0 fully saturated rings. The van der Waals surface area contributed by atoms with Crippen LogP contribution in [0, 0.1) is 0 Å². The SMILES string of the molecule is C=CCOc1cccc(NCC(=O)Nc2ccc(OCC)cc2)c1. The molecule has 5 nitrogen and oxygen atoms in total. The second-order valence-corrected chi connectivity index (χ2v) is 4.99. The quantitative estimate of drug-likeness (QED) is 0.690. The average Bonchev–Trinajstić information content (AvgIpc) is 2.60. The molecule has 0 saturated heterocycles. The molecule has 0 radical (unpaired) electrons. The first-order valence-corrected chi connectivity index (χ1v) is 7.81. The van der Waals surface area contributed by atoms with Gasteiger partial charge in [-0.2, -0.15) is 0 Å². The first-order chi connectivity index (χ1) is 11.7. The van der Waals surface area contributed by atoms with Gasteiger partial charge in [-0.3, -0.25) is 4.79 Å². The Labute approximate surface area is 142 Å². The van der Waals surface area contributed by atoms with Gasteiger partial charge in [-0.1, -0.05) is 18.7 Å². The molecule has 0 heterocycles. The van der Waals surface area contributed by atoms with Gasteiger partial charge in [0.25, 0.3) is 0 Å². The van der Waals surface area contributed by atoms with Gasteiger partial charge in [0.15, 0.2) is 0 Å². The Bertz CT molecular complexity index is 669. The van der Waals surface area contributed by atoms with E-state index in [4.69, 9.17) is 9.47 Å². The lowest BCUT2D eigenvalue weighted by Gasteiger charge is -2.10. The minimum absolute atomic E-state index is 0.128. The van der Waals surface area contributed by atoms with E-state index in [0.717, 1.165) is 22.9 Å². The summed E-state index contributed by atoms with van der Waals surface area (Å²) in [5.41, 5.74) is 1.55. The van der Waals surface area contributed by atoms with E-state index in [9.17, 15) is 4.79 Å². The van der Waals surface area contributed by atoms with Crippen LogP contribution < -0.4 is 20.1 Å². The van der Waals surface area contributed by atoms with Crippen molar-refractivity contribution in [1.82, 2.24) is 0 Å². The topological polar surface area (TPSA) is 59.6 Å². The lowest BCUT2D eigenvalue weighted by molar-refractivity contribution is -0.114. The summed E-state index contributed by atoms with van der Waals surface area (Å²) >= 11 is 0. The number of benzene rings is 2. The van der Waals surface area contributed by atoms with Crippen LogP contribution in [0.3, 0.4) is 0 Å². The molecule has 0 atom stereocenters. The van der Waals surface area contributed by atoms with Gasteiger partial charge in [-0.15, -0.1) is 0 Å². The zero-order chi connectivity index (χ0) is 17.2. The molecule has 0 spiro atoms. The van der Waals surface area contributed by atoms with Crippen molar-refractivity contribution >= 4 is 17.3 Å². The van der Waals surface area contributed by atoms with Crippen molar-refractivity contribution in [3.8, 4) is 11.5 Å². The highest BCUT2D eigenvalue weighted by Gasteiger charge is 2.03. The fourth-order valence-electron chi connectivity index (χ4n) is 2.04. The molecular formula is C19H22N2O3. The zero-order valence-corrected chi connectivity index (χ0v) is 13.7. The molecule has 0 aromatic heterocycles. The summed E-state index contributed by atoms with van der Waals surface area (Å²) < 4.78 is 10.8. The minimum Gasteiger partial charge on any atom is -0.494 e. The van der Waals surface area contributed by atoms with Crippen LogP contribution in [0.4, 0.5) is 11.4 Å². The summed E-state index contributed by atoms with van der Waals surface area (Å²) in [5.74, 6) is 1.38. The van der Waals surface area contributed by atoms with Crippen LogP contribution in [-0.2, 0) is 4.79 Å². The number of nitrogens with one attached hydrogen (secondary N) is 2. The van der Waals surface area contributed by atoms with Gasteiger partial charge < -0.3 is 20.1 Å². The van der Waals surface area contributed by atoms with Crippen molar-refractivity contribution in [1.29, 1.82) is 0 Å². The van der Waals surface area contributed by atoms with Crippen LogP contribution >= 0.6 is 0 Å². The largest absolute Gasteiger partial charge is 0.494 e. The number of ether oxygens (including phenoxy) is 2. The Morgan fingerprint density at radius 3 is 2.58 bits per heavy atom. The molecule has 2 N–H and O–H groups in total. The maximum absolute atomic E-state index is 12.0. The lowest BCUT2D eigenvalue weighted by atomic mass is 10.3. The summed E-state index contributed by atoms with van der Waals surface area (Å²) in [5, 5.41) is 5.90. The molecule has 0 aliphatic rings. The summed E-state index contributed by atoms with van der Waals surface area (Å²) in [7, 11) is 0. The second-order valence-electron chi connectivity index (χ2n) is 4.99. The lowest BCUT2D eigenvalue weighted by Crippen LogP contribution is -2.21. The summed E-state index contributed by atoms with van der Waals surface area (Å²) in [6.45, 7) is 6.77. The molecule has 2 aromatic carbocycles. The molecule has 1 amide bonds. The van der Waals surface area contributed by atoms with Gasteiger partial charge in [-0.05, 0) is 43.3 Å². The molecular weight excluding hydrogens is 304 g/mol. The minimum atomic E-state index is -0.128. The number of anilines is 2. The van der Waals surface area contributed by atoms with Gasteiger partial charge in [-0.25, -0.2) is 0 Å². The van der Waals surface area contributed by atoms with E-state index in [-0.39, 0.29) is 12.5 Å². The average molecular weight is 326 g/mol. The third-order valence-corrected chi connectivity index (χ3v) is 3.10. The third kappa shape index (κ3) is 5.68. The molecule has 0 saturated carbocycles. The van der Waals surface area contributed by atoms with Crippen LogP contribution in [-0.4, -0.2) is 25.7 Å². The van der Waals surface area contributed by atoms with E-state index in [1.165, 1.54) is 0 Å². The Morgan fingerprint density at radius 2 is 1.88 bits per heavy atom. The molecule has 2 aromatic rings. The van der Waals surface area contributed by atoms with E-state index >= 15 is 0 Å². The van der Waals surface area contributed by atoms with Crippen LogP contribution in [0.25, 0.3) is 0 Å². The van der Waals surface area contributed by atoms with Crippen molar-refractivity contribution in [3.63, 3.8) is 0 Å². The second kappa shape index (κ2) is 9.25. The number of hydrogen-bond acceptors (Lipinski definition) is 4. The number of carbonyl (C=O) groups excluding carboxylic acids is 1. The van der Waals surface area contributed by atoms with Crippen LogP contribution in [0.5, 0.6) is 11.5 Å². The zero-order valence-electron chi connectivity index (χ0n) is 13.7. The predicted octanol–water partition coefficient (Wildman–Crippen LogP) is 3.70. The Kier molecular flexibility index (Phi) is 6.71. The van der Waals surface area contributed by atoms with Gasteiger partial charge in [0, 0.05) is 17.4 Å². The van der Waals surface area contributed by atoms with E-state index in [1.807, 2.05) is 55.5 Å². The van der Waals surface area contributed by atoms with Crippen LogP contribution in [0.2, 0.25) is 0 Å². The van der Waals surface area contributed by atoms with Gasteiger partial charge >= 0.3 is 0 Å². The first kappa shape index (κ1) is 17.4. The molecule has 2 rings (SSSR count). The summed E-state index contributed by atoms with van der Waals surface area (Å²) in [6.07, 6.45) is 1.68. The monoisotopic (exact) mass is 326 g/mol. The van der Waals surface area contributed by atoms with Crippen LogP contribution in [0.15, 0.2) is 61.2 Å². The van der Waals surface area contributed by atoms with Crippen molar-refractivity contribution in [2.75, 3.05) is 30.4 Å². The standard InChI is InChI=1S/C19H22N2O3/c1-3-12-24-18-7-5-6-16(13-18)20-14-19(22)21-15-8-10-17(11-9-15)23-4-2/h3,5-11,13,20H,1,4,12,14H2,2H3,(H,21,22). The summed E-state index contributed by atoms with van der Waals surface area (Å²) in [6, 6.07) is 14.7. The van der Waals surface area contributed by atoms with Crippen LogP contribution in [0.1, 0.15) is 6.92 Å². The van der Waals surface area contributed by atoms with Gasteiger partial charge in [0.05, 0.1) is 13.2 Å². The van der Waals surface area contributed by atoms with Crippen molar-refractivity contribution in [2.45, 2.75) is 6.92 Å².